The minimum atomic E-state index is 0.0456. The van der Waals surface area contributed by atoms with Gasteiger partial charge >= 0.3 is 0 Å². The first-order chi connectivity index (χ1) is 9.17. The van der Waals surface area contributed by atoms with Crippen LogP contribution in [-0.2, 0) is 6.54 Å². The number of para-hydroxylation sites is 1. The first-order valence-electron chi connectivity index (χ1n) is 6.54. The zero-order valence-corrected chi connectivity index (χ0v) is 11.7. The monoisotopic (exact) mass is 259 g/mol. The van der Waals surface area contributed by atoms with Crippen LogP contribution in [0.3, 0.4) is 0 Å². The fourth-order valence-electron chi connectivity index (χ4n) is 2.11. The molecular formula is C15H21N3O. The van der Waals surface area contributed by atoms with E-state index >= 15 is 0 Å². The summed E-state index contributed by atoms with van der Waals surface area (Å²) in [5, 5.41) is 13.6. The Bertz CT molecular complexity index is 556. The summed E-state index contributed by atoms with van der Waals surface area (Å²) in [5.41, 5.74) is 2.12. The molecule has 0 amide bonds. The first-order valence-corrected chi connectivity index (χ1v) is 6.54. The van der Waals surface area contributed by atoms with Crippen LogP contribution in [0.25, 0.3) is 10.9 Å². The summed E-state index contributed by atoms with van der Waals surface area (Å²) in [4.78, 5) is 6.76. The van der Waals surface area contributed by atoms with E-state index in [1.807, 2.05) is 44.1 Å². The molecule has 0 saturated heterocycles. The predicted octanol–water partition coefficient (Wildman–Crippen LogP) is 1.77. The number of fused-ring (bicyclic) bond motifs is 1. The molecule has 0 spiro atoms. The molecule has 4 heteroatoms. The lowest BCUT2D eigenvalue weighted by Gasteiger charge is -2.27. The first kappa shape index (κ1) is 13.8. The zero-order valence-electron chi connectivity index (χ0n) is 11.7. The second-order valence-electron chi connectivity index (χ2n) is 4.84. The smallest absolute Gasteiger partial charge is 0.133 e. The Kier molecular flexibility index (Phi) is 4.35. The van der Waals surface area contributed by atoms with Gasteiger partial charge in [-0.25, -0.2) is 4.98 Å². The van der Waals surface area contributed by atoms with Crippen molar-refractivity contribution in [2.24, 2.45) is 0 Å². The quantitative estimate of drug-likeness (QED) is 0.859. The topological polar surface area (TPSA) is 48.4 Å². The molecule has 0 saturated carbocycles. The zero-order chi connectivity index (χ0) is 13.8. The molecule has 4 nitrogen and oxygen atoms in total. The molecule has 1 heterocycles. The van der Waals surface area contributed by atoms with Crippen molar-refractivity contribution in [1.29, 1.82) is 0 Å². The predicted molar refractivity (Wildman–Crippen MR) is 79.5 cm³/mol. The number of nitrogens with zero attached hydrogens (tertiary/aromatic N) is 2. The van der Waals surface area contributed by atoms with Crippen molar-refractivity contribution in [1.82, 2.24) is 10.3 Å². The van der Waals surface area contributed by atoms with E-state index in [1.54, 1.807) is 0 Å². The van der Waals surface area contributed by atoms with Gasteiger partial charge in [-0.05, 0) is 26.1 Å². The van der Waals surface area contributed by atoms with Gasteiger partial charge in [0.15, 0.2) is 0 Å². The fourth-order valence-corrected chi connectivity index (χ4v) is 2.11. The third-order valence-electron chi connectivity index (χ3n) is 3.41. The van der Waals surface area contributed by atoms with Crippen molar-refractivity contribution in [2.75, 3.05) is 25.6 Å². The number of hydrogen-bond donors (Lipinski definition) is 2. The fraction of sp³-hybridized carbons (Fsp3) is 0.400. The van der Waals surface area contributed by atoms with Crippen molar-refractivity contribution in [3.63, 3.8) is 0 Å². The van der Waals surface area contributed by atoms with E-state index in [0.29, 0.717) is 0 Å². The third-order valence-corrected chi connectivity index (χ3v) is 3.41. The van der Waals surface area contributed by atoms with Crippen LogP contribution < -0.4 is 10.2 Å². The third kappa shape index (κ3) is 2.85. The van der Waals surface area contributed by atoms with E-state index < -0.39 is 0 Å². The minimum absolute atomic E-state index is 0.0456. The molecule has 19 heavy (non-hydrogen) atoms. The Balaban J connectivity index is 2.52. The van der Waals surface area contributed by atoms with Crippen molar-refractivity contribution in [3.05, 3.63) is 35.9 Å². The Morgan fingerprint density at radius 1 is 1.37 bits per heavy atom. The highest BCUT2D eigenvalue weighted by Crippen LogP contribution is 2.24. The number of aliphatic hydroxyl groups is 1. The molecule has 1 aromatic heterocycles. The highest BCUT2D eigenvalue weighted by molar-refractivity contribution is 5.81. The summed E-state index contributed by atoms with van der Waals surface area (Å²) in [5.74, 6) is 0.926. The molecule has 2 rings (SSSR count). The van der Waals surface area contributed by atoms with E-state index in [-0.39, 0.29) is 12.6 Å². The normalized spacial score (nSPS) is 12.6. The Hall–Kier alpha value is -1.65. The van der Waals surface area contributed by atoms with E-state index in [9.17, 15) is 5.11 Å². The van der Waals surface area contributed by atoms with Gasteiger partial charge in [0, 0.05) is 24.5 Å². The molecule has 0 aliphatic carbocycles. The maximum Gasteiger partial charge on any atom is 0.133 e. The highest BCUT2D eigenvalue weighted by atomic mass is 16.3. The Morgan fingerprint density at radius 3 is 2.79 bits per heavy atom. The molecule has 0 aliphatic heterocycles. The van der Waals surface area contributed by atoms with Gasteiger partial charge < -0.3 is 15.3 Å². The van der Waals surface area contributed by atoms with E-state index in [1.165, 1.54) is 0 Å². The van der Waals surface area contributed by atoms with Crippen LogP contribution in [0, 0.1) is 0 Å². The van der Waals surface area contributed by atoms with Crippen LogP contribution in [0.5, 0.6) is 0 Å². The summed E-state index contributed by atoms with van der Waals surface area (Å²) in [6.07, 6.45) is 0. The van der Waals surface area contributed by atoms with Crippen molar-refractivity contribution in [3.8, 4) is 0 Å². The van der Waals surface area contributed by atoms with E-state index in [2.05, 4.69) is 17.4 Å². The van der Waals surface area contributed by atoms with Gasteiger partial charge in [0.05, 0.1) is 18.2 Å². The lowest BCUT2D eigenvalue weighted by atomic mass is 10.1. The molecule has 2 aromatic rings. The number of pyridine rings is 1. The molecule has 0 fully saturated rings. The number of anilines is 1. The van der Waals surface area contributed by atoms with Gasteiger partial charge in [0.25, 0.3) is 0 Å². The van der Waals surface area contributed by atoms with Gasteiger partial charge in [-0.1, -0.05) is 18.2 Å². The number of benzene rings is 1. The second kappa shape index (κ2) is 5.99. The van der Waals surface area contributed by atoms with Crippen LogP contribution in [0.2, 0.25) is 0 Å². The lowest BCUT2D eigenvalue weighted by molar-refractivity contribution is 0.269. The van der Waals surface area contributed by atoms with Gasteiger partial charge in [0.1, 0.15) is 5.82 Å². The van der Waals surface area contributed by atoms with Crippen LogP contribution >= 0.6 is 0 Å². The van der Waals surface area contributed by atoms with Crippen molar-refractivity contribution in [2.45, 2.75) is 19.5 Å². The summed E-state index contributed by atoms with van der Waals surface area (Å²) in [6.45, 7) is 2.86. The number of aromatic nitrogens is 1. The van der Waals surface area contributed by atoms with Crippen LogP contribution in [0.1, 0.15) is 12.5 Å². The number of aliphatic hydroxyl groups excluding tert-OH is 1. The van der Waals surface area contributed by atoms with Crippen molar-refractivity contribution < 1.29 is 5.11 Å². The molecule has 0 aliphatic rings. The summed E-state index contributed by atoms with van der Waals surface area (Å²) < 4.78 is 0. The van der Waals surface area contributed by atoms with E-state index in [0.717, 1.165) is 28.8 Å². The van der Waals surface area contributed by atoms with Crippen molar-refractivity contribution >= 4 is 16.7 Å². The van der Waals surface area contributed by atoms with Gasteiger partial charge in [-0.2, -0.15) is 0 Å². The molecule has 1 unspecified atom stereocenters. The minimum Gasteiger partial charge on any atom is -0.394 e. The average Bonchev–Trinajstić information content (AvgIpc) is 2.45. The van der Waals surface area contributed by atoms with Crippen LogP contribution in [0.4, 0.5) is 5.82 Å². The largest absolute Gasteiger partial charge is 0.394 e. The molecule has 1 aromatic carbocycles. The molecule has 0 radical (unpaired) electrons. The number of rotatable bonds is 5. The SMILES string of the molecule is CNCc1cc2ccccc2nc1N(C)C(C)CO. The summed E-state index contributed by atoms with van der Waals surface area (Å²) >= 11 is 0. The maximum atomic E-state index is 9.32. The lowest BCUT2D eigenvalue weighted by Crippen LogP contribution is -2.33. The van der Waals surface area contributed by atoms with Crippen LogP contribution in [0.15, 0.2) is 30.3 Å². The summed E-state index contributed by atoms with van der Waals surface area (Å²) in [7, 11) is 3.89. The molecule has 2 N–H and O–H groups in total. The molecule has 0 bridgehead atoms. The Labute approximate surface area is 114 Å². The van der Waals surface area contributed by atoms with E-state index in [4.69, 9.17) is 4.98 Å². The number of nitrogens with one attached hydrogen (secondary N) is 1. The summed E-state index contributed by atoms with van der Waals surface area (Å²) in [6, 6.07) is 10.3. The number of hydrogen-bond acceptors (Lipinski definition) is 4. The van der Waals surface area contributed by atoms with Gasteiger partial charge in [0.2, 0.25) is 0 Å². The average molecular weight is 259 g/mol. The second-order valence-corrected chi connectivity index (χ2v) is 4.84. The van der Waals surface area contributed by atoms with Gasteiger partial charge in [-0.3, -0.25) is 0 Å². The maximum absolute atomic E-state index is 9.32. The van der Waals surface area contributed by atoms with Gasteiger partial charge in [-0.15, -0.1) is 0 Å². The number of likely N-dealkylation sites (N-methyl/N-ethyl adjacent to an activating group) is 1. The molecule has 102 valence electrons. The Morgan fingerprint density at radius 2 is 2.11 bits per heavy atom. The highest BCUT2D eigenvalue weighted by Gasteiger charge is 2.15. The molecular weight excluding hydrogens is 238 g/mol. The van der Waals surface area contributed by atoms with Crippen LogP contribution in [-0.4, -0.2) is 36.8 Å². The molecule has 1 atom stereocenters. The standard InChI is InChI=1S/C15H21N3O/c1-11(10-19)18(3)15-13(9-16-2)8-12-6-4-5-7-14(12)17-15/h4-8,11,16,19H,9-10H2,1-3H3.